The van der Waals surface area contributed by atoms with Gasteiger partial charge in [-0.2, -0.15) is 0 Å². The number of carbonyl (C=O) groups excluding carboxylic acids is 1. The maximum absolute atomic E-state index is 11.3. The Kier molecular flexibility index (Phi) is 5.40. The highest BCUT2D eigenvalue weighted by Gasteiger charge is 2.32. The SMILES string of the molecule is CC(=O)NCC1CC(n2cc(-c3ccc4c(c3)OC(c3ccccc3)CC4)c3c(N)ncnc32)C1. The van der Waals surface area contributed by atoms with Crippen molar-refractivity contribution in [3.63, 3.8) is 0 Å². The summed E-state index contributed by atoms with van der Waals surface area (Å²) in [5, 5.41) is 3.82. The van der Waals surface area contributed by atoms with Gasteiger partial charge in [-0.1, -0.05) is 42.5 Å². The highest BCUT2D eigenvalue weighted by molar-refractivity contribution is 6.00. The Balaban J connectivity index is 1.32. The molecule has 2 aromatic carbocycles. The van der Waals surface area contributed by atoms with Crippen molar-refractivity contribution in [3.8, 4) is 16.9 Å². The number of fused-ring (bicyclic) bond motifs is 2. The lowest BCUT2D eigenvalue weighted by atomic mass is 9.80. The van der Waals surface area contributed by atoms with Crippen LogP contribution in [0.2, 0.25) is 0 Å². The number of nitrogens with zero attached hydrogens (tertiary/aromatic N) is 3. The van der Waals surface area contributed by atoms with Gasteiger partial charge in [0.2, 0.25) is 5.91 Å². The fourth-order valence-electron chi connectivity index (χ4n) is 5.43. The van der Waals surface area contributed by atoms with Gasteiger partial charge in [0, 0.05) is 31.3 Å². The quantitative estimate of drug-likeness (QED) is 0.438. The first-order valence-electron chi connectivity index (χ1n) is 12.3. The predicted octanol–water partition coefficient (Wildman–Crippen LogP) is 4.83. The number of rotatable bonds is 5. The number of aromatic nitrogens is 3. The van der Waals surface area contributed by atoms with Crippen molar-refractivity contribution in [2.24, 2.45) is 5.92 Å². The van der Waals surface area contributed by atoms with Crippen molar-refractivity contribution in [2.45, 2.75) is 44.8 Å². The van der Waals surface area contributed by atoms with Crippen molar-refractivity contribution in [1.82, 2.24) is 19.9 Å². The number of ether oxygens (including phenoxy) is 1. The van der Waals surface area contributed by atoms with Crippen LogP contribution in [0.15, 0.2) is 61.1 Å². The number of aryl methyl sites for hydroxylation is 1. The second kappa shape index (κ2) is 8.73. The van der Waals surface area contributed by atoms with Crippen molar-refractivity contribution in [1.29, 1.82) is 0 Å². The molecular formula is C28H29N5O2. The third-order valence-electron chi connectivity index (χ3n) is 7.38. The van der Waals surface area contributed by atoms with Crippen molar-refractivity contribution in [2.75, 3.05) is 12.3 Å². The maximum Gasteiger partial charge on any atom is 0.216 e. The van der Waals surface area contributed by atoms with Gasteiger partial charge in [-0.05, 0) is 54.4 Å². The lowest BCUT2D eigenvalue weighted by Crippen LogP contribution is -2.36. The van der Waals surface area contributed by atoms with Gasteiger partial charge < -0.3 is 20.4 Å². The zero-order valence-electron chi connectivity index (χ0n) is 19.8. The Labute approximate surface area is 204 Å². The molecule has 2 aromatic heterocycles. The molecule has 3 heterocycles. The summed E-state index contributed by atoms with van der Waals surface area (Å²) in [7, 11) is 0. The molecule has 1 saturated carbocycles. The highest BCUT2D eigenvalue weighted by atomic mass is 16.5. The second-order valence-electron chi connectivity index (χ2n) is 9.71. The monoisotopic (exact) mass is 467 g/mol. The smallest absolute Gasteiger partial charge is 0.216 e. The van der Waals surface area contributed by atoms with Crippen LogP contribution in [0, 0.1) is 5.92 Å². The van der Waals surface area contributed by atoms with Gasteiger partial charge in [0.05, 0.1) is 5.39 Å². The molecule has 1 aliphatic heterocycles. The van der Waals surface area contributed by atoms with E-state index in [2.05, 4.69) is 68.5 Å². The summed E-state index contributed by atoms with van der Waals surface area (Å²) < 4.78 is 8.70. The molecule has 2 aliphatic rings. The van der Waals surface area contributed by atoms with E-state index in [1.165, 1.54) is 17.5 Å². The molecular weight excluding hydrogens is 438 g/mol. The van der Waals surface area contributed by atoms with Crippen molar-refractivity contribution in [3.05, 3.63) is 72.2 Å². The van der Waals surface area contributed by atoms with Crippen LogP contribution < -0.4 is 15.8 Å². The molecule has 7 heteroatoms. The van der Waals surface area contributed by atoms with Crippen molar-refractivity contribution >= 4 is 22.8 Å². The van der Waals surface area contributed by atoms with Crippen LogP contribution in [-0.4, -0.2) is 27.0 Å². The molecule has 7 nitrogen and oxygen atoms in total. The number of nitrogens with two attached hydrogens (primary N) is 1. The summed E-state index contributed by atoms with van der Waals surface area (Å²) in [6.07, 6.45) is 7.71. The molecule has 0 bridgehead atoms. The molecule has 35 heavy (non-hydrogen) atoms. The van der Waals surface area contributed by atoms with Crippen LogP contribution in [-0.2, 0) is 11.2 Å². The highest BCUT2D eigenvalue weighted by Crippen LogP contribution is 2.44. The van der Waals surface area contributed by atoms with E-state index in [0.717, 1.165) is 60.1 Å². The Morgan fingerprint density at radius 1 is 1.17 bits per heavy atom. The standard InChI is InChI=1S/C28H29N5O2/c1-17(34)30-14-18-11-22(12-18)33-15-23(26-27(29)31-16-32-28(26)33)21-8-7-20-9-10-24(35-25(20)13-21)19-5-3-2-4-6-19/h2-8,13,15-16,18,22,24H,9-12,14H2,1H3,(H,30,34)(H2,29,31,32). The van der Waals surface area contributed by atoms with Gasteiger partial charge in [-0.3, -0.25) is 4.79 Å². The third-order valence-corrected chi connectivity index (χ3v) is 7.38. The van der Waals surface area contributed by atoms with Gasteiger partial charge in [0.15, 0.2) is 0 Å². The van der Waals surface area contributed by atoms with Crippen LogP contribution in [0.4, 0.5) is 5.82 Å². The van der Waals surface area contributed by atoms with E-state index >= 15 is 0 Å². The Bertz CT molecular complexity index is 1390. The van der Waals surface area contributed by atoms with Gasteiger partial charge in [0.25, 0.3) is 0 Å². The number of hydrogen-bond donors (Lipinski definition) is 2. The normalized spacial score (nSPS) is 21.1. The average Bonchev–Trinajstić information content (AvgIpc) is 3.23. The third kappa shape index (κ3) is 4.01. The van der Waals surface area contributed by atoms with Gasteiger partial charge >= 0.3 is 0 Å². The molecule has 0 spiro atoms. The molecule has 178 valence electrons. The Morgan fingerprint density at radius 2 is 2.00 bits per heavy atom. The minimum atomic E-state index is 0.0202. The van der Waals surface area contributed by atoms with Crippen LogP contribution >= 0.6 is 0 Å². The zero-order chi connectivity index (χ0) is 23.9. The molecule has 0 radical (unpaired) electrons. The number of nitrogens with one attached hydrogen (secondary N) is 1. The van der Waals surface area contributed by atoms with Crippen LogP contribution in [0.3, 0.4) is 0 Å². The van der Waals surface area contributed by atoms with Gasteiger partial charge in [-0.25, -0.2) is 9.97 Å². The molecule has 1 unspecified atom stereocenters. The maximum atomic E-state index is 11.3. The van der Waals surface area contributed by atoms with Gasteiger partial charge in [0.1, 0.15) is 29.6 Å². The number of hydrogen-bond acceptors (Lipinski definition) is 5. The number of nitrogen functional groups attached to an aromatic ring is 1. The summed E-state index contributed by atoms with van der Waals surface area (Å²) in [5.74, 6) is 1.92. The number of benzene rings is 2. The number of carbonyl (C=O) groups is 1. The fourth-order valence-corrected chi connectivity index (χ4v) is 5.43. The topological polar surface area (TPSA) is 95.1 Å². The minimum Gasteiger partial charge on any atom is -0.485 e. The molecule has 6 rings (SSSR count). The first kappa shape index (κ1) is 21.6. The lowest BCUT2D eigenvalue weighted by Gasteiger charge is -2.36. The van der Waals surface area contributed by atoms with Crippen LogP contribution in [0.5, 0.6) is 5.75 Å². The number of amides is 1. The van der Waals surface area contributed by atoms with E-state index in [0.29, 0.717) is 17.8 Å². The predicted molar refractivity (Wildman–Crippen MR) is 136 cm³/mol. The van der Waals surface area contributed by atoms with E-state index < -0.39 is 0 Å². The van der Waals surface area contributed by atoms with Crippen LogP contribution in [0.25, 0.3) is 22.2 Å². The molecule has 3 N–H and O–H groups in total. The first-order chi connectivity index (χ1) is 17.1. The fraction of sp³-hybridized carbons (Fsp3) is 0.321. The first-order valence-corrected chi connectivity index (χ1v) is 12.3. The van der Waals surface area contributed by atoms with E-state index in [9.17, 15) is 4.79 Å². The van der Waals surface area contributed by atoms with E-state index in [-0.39, 0.29) is 12.0 Å². The largest absolute Gasteiger partial charge is 0.485 e. The summed E-state index contributed by atoms with van der Waals surface area (Å²) in [6.45, 7) is 2.28. The molecule has 4 aromatic rings. The second-order valence-corrected chi connectivity index (χ2v) is 9.71. The summed E-state index contributed by atoms with van der Waals surface area (Å²) in [4.78, 5) is 20.1. The molecule has 1 fully saturated rings. The Hall–Kier alpha value is -3.87. The van der Waals surface area contributed by atoms with Gasteiger partial charge in [-0.15, -0.1) is 0 Å². The summed E-state index contributed by atoms with van der Waals surface area (Å²) >= 11 is 0. The molecule has 1 atom stereocenters. The zero-order valence-corrected chi connectivity index (χ0v) is 19.8. The van der Waals surface area contributed by atoms with Crippen LogP contribution in [0.1, 0.15) is 49.5 Å². The van der Waals surface area contributed by atoms with E-state index in [4.69, 9.17) is 10.5 Å². The minimum absolute atomic E-state index is 0.0202. The Morgan fingerprint density at radius 3 is 2.80 bits per heavy atom. The average molecular weight is 468 g/mol. The number of anilines is 1. The summed E-state index contributed by atoms with van der Waals surface area (Å²) in [5.41, 5.74) is 11.7. The molecule has 1 aliphatic carbocycles. The van der Waals surface area contributed by atoms with Crippen molar-refractivity contribution < 1.29 is 9.53 Å². The summed E-state index contributed by atoms with van der Waals surface area (Å²) in [6, 6.07) is 17.2. The molecule has 0 saturated heterocycles. The lowest BCUT2D eigenvalue weighted by molar-refractivity contribution is -0.119. The molecule has 1 amide bonds. The van der Waals surface area contributed by atoms with E-state index in [1.54, 1.807) is 6.92 Å². The van der Waals surface area contributed by atoms with E-state index in [1.807, 2.05) is 6.07 Å².